The smallest absolute Gasteiger partial charge is 0.238 e. The minimum absolute atomic E-state index is 0.0161. The van der Waals surface area contributed by atoms with Crippen LogP contribution in [0.1, 0.15) is 19.3 Å². The number of pyridine rings is 2. The Labute approximate surface area is 215 Å². The van der Waals surface area contributed by atoms with Crippen LogP contribution >= 0.6 is 0 Å². The minimum Gasteiger partial charge on any atom is -0.488 e. The first-order valence-corrected chi connectivity index (χ1v) is 14.0. The van der Waals surface area contributed by atoms with Crippen LogP contribution in [0.5, 0.6) is 11.6 Å². The zero-order valence-corrected chi connectivity index (χ0v) is 21.8. The molecule has 2 saturated heterocycles. The van der Waals surface area contributed by atoms with Crippen molar-refractivity contribution in [3.63, 3.8) is 0 Å². The Hall–Kier alpha value is -3.45. The summed E-state index contributed by atoms with van der Waals surface area (Å²) in [6.45, 7) is 2.43. The van der Waals surface area contributed by atoms with Crippen LogP contribution in [0.2, 0.25) is 0 Å². The third-order valence-electron chi connectivity index (χ3n) is 6.62. The number of nitrogens with zero attached hydrogens (tertiary/aromatic N) is 5. The van der Waals surface area contributed by atoms with E-state index in [1.165, 1.54) is 7.11 Å². The summed E-state index contributed by atoms with van der Waals surface area (Å²) >= 11 is 0. The second kappa shape index (κ2) is 10.1. The number of sulfonamides is 1. The summed E-state index contributed by atoms with van der Waals surface area (Å²) in [5.74, 6) is 0.924. The van der Waals surface area contributed by atoms with Gasteiger partial charge in [0.1, 0.15) is 17.5 Å². The topological polar surface area (TPSA) is 138 Å². The van der Waals surface area contributed by atoms with Crippen LogP contribution in [0.3, 0.4) is 0 Å². The van der Waals surface area contributed by atoms with Gasteiger partial charge in [-0.25, -0.2) is 18.4 Å². The number of hydrogen-bond acceptors (Lipinski definition) is 9. The Bertz CT molecular complexity index is 1420. The molecule has 0 unspecified atom stereocenters. The normalized spacial score (nSPS) is 18.8. The molecule has 198 valence electrons. The summed E-state index contributed by atoms with van der Waals surface area (Å²) in [6.07, 6.45) is 6.39. The van der Waals surface area contributed by atoms with E-state index in [0.29, 0.717) is 49.0 Å². The molecule has 37 heavy (non-hydrogen) atoms. The molecule has 1 atom stereocenters. The SMILES string of the molecule is COc1ncc(-c2cc(O[C@H]3CCN(C(=O)C4CCOCC4)C3)c3cnn(C)c3n2)cc1NS(C)(=O)=O. The highest BCUT2D eigenvalue weighted by molar-refractivity contribution is 7.92. The maximum atomic E-state index is 13.0. The number of ether oxygens (including phenoxy) is 3. The van der Waals surface area contributed by atoms with Crippen molar-refractivity contribution < 1.29 is 27.4 Å². The predicted molar refractivity (Wildman–Crippen MR) is 136 cm³/mol. The molecule has 5 rings (SSSR count). The fraction of sp³-hybridized carbons (Fsp3) is 0.500. The highest BCUT2D eigenvalue weighted by Crippen LogP contribution is 2.34. The number of aryl methyl sites for hydroxylation is 1. The lowest BCUT2D eigenvalue weighted by Crippen LogP contribution is -2.38. The number of hydrogen-bond donors (Lipinski definition) is 1. The molecule has 0 bridgehead atoms. The van der Waals surface area contributed by atoms with E-state index in [1.54, 1.807) is 36.3 Å². The first-order chi connectivity index (χ1) is 17.7. The van der Waals surface area contributed by atoms with E-state index in [9.17, 15) is 13.2 Å². The number of aromatic nitrogens is 4. The molecule has 0 aromatic carbocycles. The van der Waals surface area contributed by atoms with Crippen molar-refractivity contribution in [2.24, 2.45) is 13.0 Å². The highest BCUT2D eigenvalue weighted by Gasteiger charge is 2.33. The summed E-state index contributed by atoms with van der Waals surface area (Å²) in [5, 5.41) is 5.08. The Morgan fingerprint density at radius 3 is 2.70 bits per heavy atom. The van der Waals surface area contributed by atoms with E-state index in [-0.39, 0.29) is 29.5 Å². The van der Waals surface area contributed by atoms with Gasteiger partial charge >= 0.3 is 0 Å². The largest absolute Gasteiger partial charge is 0.488 e. The van der Waals surface area contributed by atoms with E-state index >= 15 is 0 Å². The zero-order chi connectivity index (χ0) is 26.2. The number of rotatable bonds is 7. The molecule has 0 spiro atoms. The molecular weight excluding hydrogens is 500 g/mol. The van der Waals surface area contributed by atoms with Crippen LogP contribution in [-0.2, 0) is 26.6 Å². The molecule has 12 nitrogen and oxygen atoms in total. The molecule has 3 aromatic rings. The lowest BCUT2D eigenvalue weighted by Gasteiger charge is -2.26. The Balaban J connectivity index is 1.42. The van der Waals surface area contributed by atoms with Crippen molar-refractivity contribution in [3.05, 3.63) is 24.5 Å². The molecule has 0 saturated carbocycles. The lowest BCUT2D eigenvalue weighted by atomic mass is 9.99. The van der Waals surface area contributed by atoms with E-state index < -0.39 is 10.0 Å². The first-order valence-electron chi connectivity index (χ1n) is 12.1. The molecule has 5 heterocycles. The van der Waals surface area contributed by atoms with Crippen LogP contribution in [0.4, 0.5) is 5.69 Å². The van der Waals surface area contributed by atoms with Crippen molar-refractivity contribution in [2.75, 3.05) is 44.4 Å². The van der Waals surface area contributed by atoms with Crippen molar-refractivity contribution in [1.29, 1.82) is 0 Å². The summed E-state index contributed by atoms with van der Waals surface area (Å²) in [5.41, 5.74) is 1.91. The van der Waals surface area contributed by atoms with Crippen LogP contribution in [0, 0.1) is 5.92 Å². The Morgan fingerprint density at radius 2 is 1.97 bits per heavy atom. The molecule has 0 radical (unpaired) electrons. The van der Waals surface area contributed by atoms with Crippen molar-refractivity contribution in [1.82, 2.24) is 24.6 Å². The number of methoxy groups -OCH3 is 1. The Kier molecular flexibility index (Phi) is 6.90. The highest BCUT2D eigenvalue weighted by atomic mass is 32.2. The van der Waals surface area contributed by atoms with Gasteiger partial charge in [-0.15, -0.1) is 0 Å². The third kappa shape index (κ3) is 5.47. The molecule has 2 aliphatic rings. The summed E-state index contributed by atoms with van der Waals surface area (Å²) in [6, 6.07) is 3.41. The van der Waals surface area contributed by atoms with E-state index in [4.69, 9.17) is 19.2 Å². The molecule has 2 fully saturated rings. The lowest BCUT2D eigenvalue weighted by molar-refractivity contribution is -0.137. The average molecular weight is 531 g/mol. The Morgan fingerprint density at radius 1 is 1.19 bits per heavy atom. The fourth-order valence-corrected chi connectivity index (χ4v) is 5.31. The van der Waals surface area contributed by atoms with Gasteiger partial charge in [0.25, 0.3) is 0 Å². The number of nitrogens with one attached hydrogen (secondary N) is 1. The number of carbonyl (C=O) groups excluding carboxylic acids is 1. The van der Waals surface area contributed by atoms with Gasteiger partial charge in [0.2, 0.25) is 21.8 Å². The second-order valence-electron chi connectivity index (χ2n) is 9.37. The molecule has 13 heteroatoms. The van der Waals surface area contributed by atoms with Gasteiger partial charge in [-0.3, -0.25) is 14.2 Å². The number of likely N-dealkylation sites (tertiary alicyclic amines) is 1. The van der Waals surface area contributed by atoms with E-state index in [1.807, 2.05) is 4.90 Å². The monoisotopic (exact) mass is 530 g/mol. The maximum Gasteiger partial charge on any atom is 0.238 e. The molecule has 2 aliphatic heterocycles. The molecule has 3 aromatic heterocycles. The van der Waals surface area contributed by atoms with Crippen molar-refractivity contribution >= 4 is 32.7 Å². The van der Waals surface area contributed by atoms with Gasteiger partial charge < -0.3 is 19.1 Å². The first kappa shape index (κ1) is 25.2. The van der Waals surface area contributed by atoms with E-state index in [0.717, 1.165) is 30.9 Å². The fourth-order valence-electron chi connectivity index (χ4n) is 4.77. The van der Waals surface area contributed by atoms with Gasteiger partial charge in [-0.2, -0.15) is 5.10 Å². The molecule has 0 aliphatic carbocycles. The summed E-state index contributed by atoms with van der Waals surface area (Å²) in [7, 11) is -0.351. The summed E-state index contributed by atoms with van der Waals surface area (Å²) in [4.78, 5) is 23.8. The number of carbonyl (C=O) groups is 1. The predicted octanol–water partition coefficient (Wildman–Crippen LogP) is 1.82. The van der Waals surface area contributed by atoms with Gasteiger partial charge in [0.05, 0.1) is 37.2 Å². The van der Waals surface area contributed by atoms with Crippen LogP contribution in [-0.4, -0.2) is 84.7 Å². The number of amides is 1. The van der Waals surface area contributed by atoms with Gasteiger partial charge in [0.15, 0.2) is 5.65 Å². The average Bonchev–Trinajstić information content (AvgIpc) is 3.50. The van der Waals surface area contributed by atoms with Gasteiger partial charge in [-0.05, 0) is 18.9 Å². The number of anilines is 1. The van der Waals surface area contributed by atoms with Crippen LogP contribution in [0.15, 0.2) is 24.5 Å². The van der Waals surface area contributed by atoms with Crippen LogP contribution < -0.4 is 14.2 Å². The van der Waals surface area contributed by atoms with Gasteiger partial charge in [0, 0.05) is 57.0 Å². The third-order valence-corrected chi connectivity index (χ3v) is 7.21. The molecular formula is C24H30N6O6S. The molecule has 1 amide bonds. The quantitative estimate of drug-likeness (QED) is 0.485. The summed E-state index contributed by atoms with van der Waals surface area (Å²) < 4.78 is 44.8. The number of fused-ring (bicyclic) bond motifs is 1. The van der Waals surface area contributed by atoms with Crippen molar-refractivity contribution in [3.8, 4) is 22.9 Å². The zero-order valence-electron chi connectivity index (χ0n) is 21.0. The van der Waals surface area contributed by atoms with Crippen molar-refractivity contribution in [2.45, 2.75) is 25.4 Å². The van der Waals surface area contributed by atoms with Crippen LogP contribution in [0.25, 0.3) is 22.3 Å². The standard InChI is InChI=1S/C24H30N6O6S/c1-29-22-18(13-26-29)21(36-17-4-7-30(14-17)24(31)15-5-8-35-9-6-15)11-19(27-22)16-10-20(28-37(3,32)33)23(34-2)25-12-16/h10-13,15,17,28H,4-9,14H2,1-3H3/t17-/m0/s1. The van der Waals surface area contributed by atoms with E-state index in [2.05, 4.69) is 14.8 Å². The minimum atomic E-state index is -3.55. The molecule has 1 N–H and O–H groups in total. The van der Waals surface area contributed by atoms with Gasteiger partial charge in [-0.1, -0.05) is 0 Å². The second-order valence-corrected chi connectivity index (χ2v) is 11.1. The maximum absolute atomic E-state index is 13.0.